The number of thioether (sulfide) groups is 1. The van der Waals surface area contributed by atoms with Crippen molar-refractivity contribution in [1.29, 1.82) is 0 Å². The normalized spacial score (nSPS) is 20.6. The molecule has 0 radical (unpaired) electrons. The van der Waals surface area contributed by atoms with E-state index in [0.717, 1.165) is 45.7 Å². The third kappa shape index (κ3) is 4.65. The molecule has 2 aliphatic rings. The smallest absolute Gasteiger partial charge is 0.416 e. The summed E-state index contributed by atoms with van der Waals surface area (Å²) in [4.78, 5) is 43.4. The molecule has 1 fully saturated rings. The molecule has 39 heavy (non-hydrogen) atoms. The zero-order valence-corrected chi connectivity index (χ0v) is 21.6. The molecule has 2 aliphatic heterocycles. The number of halogens is 3. The minimum atomic E-state index is -4.63. The monoisotopic (exact) mass is 568 g/mol. The molecule has 2 amide bonds. The van der Waals surface area contributed by atoms with E-state index in [1.54, 1.807) is 24.3 Å². The van der Waals surface area contributed by atoms with E-state index in [9.17, 15) is 27.6 Å². The molecular formula is C28H19F3N2O4S2. The lowest BCUT2D eigenvalue weighted by molar-refractivity contribution is -0.137. The number of alkyl halides is 3. The Balaban J connectivity index is 1.34. The van der Waals surface area contributed by atoms with E-state index in [1.807, 2.05) is 30.3 Å². The van der Waals surface area contributed by atoms with Crippen molar-refractivity contribution < 1.29 is 27.5 Å². The van der Waals surface area contributed by atoms with Gasteiger partial charge in [-0.2, -0.15) is 13.2 Å². The predicted molar refractivity (Wildman–Crippen MR) is 141 cm³/mol. The zero-order chi connectivity index (χ0) is 27.3. The molecular weight excluding hydrogens is 549 g/mol. The number of thiazole rings is 1. The van der Waals surface area contributed by atoms with Crippen LogP contribution in [0.3, 0.4) is 0 Å². The van der Waals surface area contributed by atoms with Crippen LogP contribution >= 0.6 is 23.1 Å². The highest BCUT2D eigenvalue weighted by Crippen LogP contribution is 2.53. The van der Waals surface area contributed by atoms with Crippen LogP contribution in [0.15, 0.2) is 88.7 Å². The molecule has 0 aliphatic carbocycles. The van der Waals surface area contributed by atoms with Crippen LogP contribution in [0.5, 0.6) is 5.75 Å². The first-order chi connectivity index (χ1) is 18.7. The number of hydrogen-bond acceptors (Lipinski definition) is 6. The fourth-order valence-electron chi connectivity index (χ4n) is 4.96. The van der Waals surface area contributed by atoms with Crippen LogP contribution in [0.1, 0.15) is 27.5 Å². The van der Waals surface area contributed by atoms with Crippen molar-refractivity contribution in [3.05, 3.63) is 110 Å². The Bertz CT molecular complexity index is 1620. The number of aromatic nitrogens is 1. The SMILES string of the molecule is O=C1C2Sc3[nH]c(=O)sc3C(c3ccc(OCc4ccccc4)cc3)C2C(=O)N1c1cccc(C(F)(F)F)c1. The average Bonchev–Trinajstić information content (AvgIpc) is 3.42. The van der Waals surface area contributed by atoms with Crippen LogP contribution in [0, 0.1) is 5.92 Å². The Kier molecular flexibility index (Phi) is 6.35. The number of benzene rings is 3. The summed E-state index contributed by atoms with van der Waals surface area (Å²) in [5, 5.41) is -0.406. The van der Waals surface area contributed by atoms with Crippen molar-refractivity contribution in [2.24, 2.45) is 5.92 Å². The standard InChI is InChI=1S/C28H19F3N2O4S2/c29-28(30,31)17-7-4-8-18(13-17)33-25(34)21-20(22-24(32-27(36)39-22)38-23(21)26(33)35)16-9-11-19(12-10-16)37-14-15-5-2-1-3-6-15/h1-13,20-21,23H,14H2,(H,32,36). The van der Waals surface area contributed by atoms with E-state index in [0.29, 0.717) is 27.8 Å². The van der Waals surface area contributed by atoms with Crippen LogP contribution in [-0.4, -0.2) is 22.0 Å². The number of carbonyl (C=O) groups excluding carboxylic acids is 2. The maximum atomic E-state index is 13.7. The maximum absolute atomic E-state index is 13.7. The van der Waals surface area contributed by atoms with Crippen LogP contribution in [0.4, 0.5) is 18.9 Å². The number of nitrogens with zero attached hydrogens (tertiary/aromatic N) is 1. The molecule has 3 unspecified atom stereocenters. The molecule has 1 N–H and O–H groups in total. The summed E-state index contributed by atoms with van der Waals surface area (Å²) < 4.78 is 45.9. The summed E-state index contributed by atoms with van der Waals surface area (Å²) in [5.74, 6) is -2.14. The summed E-state index contributed by atoms with van der Waals surface area (Å²) in [6.07, 6.45) is -4.63. The summed E-state index contributed by atoms with van der Waals surface area (Å²) in [5.41, 5.74) is 0.616. The Morgan fingerprint density at radius 1 is 0.897 bits per heavy atom. The Morgan fingerprint density at radius 2 is 1.64 bits per heavy atom. The molecule has 1 aromatic heterocycles. The molecule has 11 heteroatoms. The summed E-state index contributed by atoms with van der Waals surface area (Å²) in [6.45, 7) is 0.369. The van der Waals surface area contributed by atoms with E-state index in [4.69, 9.17) is 4.74 Å². The van der Waals surface area contributed by atoms with Crippen molar-refractivity contribution in [2.45, 2.75) is 29.0 Å². The first kappa shape index (κ1) is 25.4. The number of carbonyl (C=O) groups is 2. The lowest BCUT2D eigenvalue weighted by atomic mass is 9.83. The van der Waals surface area contributed by atoms with E-state index < -0.39 is 40.6 Å². The Morgan fingerprint density at radius 3 is 2.36 bits per heavy atom. The van der Waals surface area contributed by atoms with Gasteiger partial charge in [-0.3, -0.25) is 14.4 Å². The van der Waals surface area contributed by atoms with E-state index in [-0.39, 0.29) is 10.6 Å². The molecule has 3 atom stereocenters. The molecule has 6 nitrogen and oxygen atoms in total. The molecule has 0 spiro atoms. The minimum Gasteiger partial charge on any atom is -0.489 e. The van der Waals surface area contributed by atoms with Crippen LogP contribution < -0.4 is 14.5 Å². The highest BCUT2D eigenvalue weighted by atomic mass is 32.2. The van der Waals surface area contributed by atoms with Gasteiger partial charge in [-0.05, 0) is 41.5 Å². The second-order valence-corrected chi connectivity index (χ2v) is 11.3. The van der Waals surface area contributed by atoms with Gasteiger partial charge in [0.05, 0.1) is 22.2 Å². The van der Waals surface area contributed by atoms with Crippen LogP contribution in [0.25, 0.3) is 0 Å². The van der Waals surface area contributed by atoms with Crippen molar-refractivity contribution >= 4 is 40.6 Å². The van der Waals surface area contributed by atoms with E-state index in [2.05, 4.69) is 4.98 Å². The van der Waals surface area contributed by atoms with Crippen molar-refractivity contribution in [2.75, 3.05) is 4.90 Å². The molecule has 6 rings (SSSR count). The highest BCUT2D eigenvalue weighted by Gasteiger charge is 2.56. The number of fused-ring (bicyclic) bond motifs is 2. The Hall–Kier alpha value is -3.83. The number of imide groups is 1. The molecule has 4 aromatic rings. The van der Waals surface area contributed by atoms with Crippen molar-refractivity contribution in [3.63, 3.8) is 0 Å². The van der Waals surface area contributed by atoms with Gasteiger partial charge in [0.15, 0.2) is 0 Å². The largest absolute Gasteiger partial charge is 0.489 e. The third-order valence-electron chi connectivity index (χ3n) is 6.74. The second kappa shape index (κ2) is 9.73. The molecule has 0 bridgehead atoms. The zero-order valence-electron chi connectivity index (χ0n) is 20.0. The molecule has 3 heterocycles. The number of rotatable bonds is 5. The highest BCUT2D eigenvalue weighted by molar-refractivity contribution is 8.00. The summed E-state index contributed by atoms with van der Waals surface area (Å²) in [7, 11) is 0. The van der Waals surface area contributed by atoms with E-state index in [1.165, 1.54) is 12.1 Å². The third-order valence-corrected chi connectivity index (χ3v) is 9.14. The van der Waals surface area contributed by atoms with Gasteiger partial charge in [-0.1, -0.05) is 71.6 Å². The van der Waals surface area contributed by atoms with Crippen molar-refractivity contribution in [3.8, 4) is 5.75 Å². The predicted octanol–water partition coefficient (Wildman–Crippen LogP) is 5.83. The minimum absolute atomic E-state index is 0.130. The van der Waals surface area contributed by atoms with Crippen LogP contribution in [-0.2, 0) is 22.4 Å². The van der Waals surface area contributed by atoms with Gasteiger partial charge in [-0.15, -0.1) is 0 Å². The first-order valence-corrected chi connectivity index (χ1v) is 13.6. The van der Waals surface area contributed by atoms with E-state index >= 15 is 0 Å². The number of hydrogen-bond donors (Lipinski definition) is 1. The lowest BCUT2D eigenvalue weighted by Crippen LogP contribution is -2.32. The van der Waals surface area contributed by atoms with Gasteiger partial charge in [0.25, 0.3) is 0 Å². The van der Waals surface area contributed by atoms with Crippen LogP contribution in [0.2, 0.25) is 0 Å². The summed E-state index contributed by atoms with van der Waals surface area (Å²) >= 11 is 2.04. The summed E-state index contributed by atoms with van der Waals surface area (Å²) in [6, 6.07) is 20.9. The Labute approximate surface area is 228 Å². The number of nitrogens with one attached hydrogen (secondary N) is 1. The quantitative estimate of drug-likeness (QED) is 0.307. The maximum Gasteiger partial charge on any atom is 0.416 e. The number of H-pyrrole nitrogens is 1. The van der Waals surface area contributed by atoms with Gasteiger partial charge in [0, 0.05) is 10.8 Å². The lowest BCUT2D eigenvalue weighted by Gasteiger charge is -2.29. The first-order valence-electron chi connectivity index (χ1n) is 11.9. The fraction of sp³-hybridized carbons (Fsp3) is 0.179. The molecule has 0 saturated carbocycles. The van der Waals surface area contributed by atoms with Crippen molar-refractivity contribution in [1.82, 2.24) is 4.98 Å². The van der Waals surface area contributed by atoms with Gasteiger partial charge < -0.3 is 9.72 Å². The number of aromatic amines is 1. The molecule has 198 valence electrons. The van der Waals surface area contributed by atoms with Gasteiger partial charge in [-0.25, -0.2) is 4.90 Å². The fourth-order valence-corrected chi connectivity index (χ4v) is 7.48. The van der Waals surface area contributed by atoms with Gasteiger partial charge in [0.1, 0.15) is 17.6 Å². The number of anilines is 1. The molecule has 3 aromatic carbocycles. The van der Waals surface area contributed by atoms with Gasteiger partial charge >= 0.3 is 11.0 Å². The number of ether oxygens (including phenoxy) is 1. The van der Waals surface area contributed by atoms with Gasteiger partial charge in [0.2, 0.25) is 11.8 Å². The average molecular weight is 569 g/mol. The second-order valence-electron chi connectivity index (χ2n) is 9.15. The topological polar surface area (TPSA) is 79.5 Å². The molecule has 1 saturated heterocycles. The number of amides is 2.